The minimum Gasteiger partial charge on any atom is -0.481 e. The minimum absolute atomic E-state index is 0.383. The lowest BCUT2D eigenvalue weighted by Gasteiger charge is -2.13. The van der Waals surface area contributed by atoms with Gasteiger partial charge in [-0.2, -0.15) is 0 Å². The van der Waals surface area contributed by atoms with Crippen LogP contribution in [0.2, 0.25) is 0 Å². The summed E-state index contributed by atoms with van der Waals surface area (Å²) >= 11 is 0. The number of aliphatic carboxylic acids is 2. The second-order valence-electron chi connectivity index (χ2n) is 3.99. The molecule has 0 rings (SSSR count). The number of rotatable bonds is 8. The molecule has 0 bridgehead atoms. The Balaban J connectivity index is 3.95. The fourth-order valence-corrected chi connectivity index (χ4v) is 1.42. The van der Waals surface area contributed by atoms with Crippen LogP contribution in [0.25, 0.3) is 0 Å². The summed E-state index contributed by atoms with van der Waals surface area (Å²) in [5.41, 5.74) is 0. The second-order valence-corrected chi connectivity index (χ2v) is 3.99. The van der Waals surface area contributed by atoms with Gasteiger partial charge in [0.1, 0.15) is 0 Å². The Kier molecular flexibility index (Phi) is 6.75. The molecule has 0 aliphatic heterocycles. The quantitative estimate of drug-likeness (QED) is 0.653. The number of hydrogen-bond donors (Lipinski definition) is 2. The molecule has 0 fully saturated rings. The summed E-state index contributed by atoms with van der Waals surface area (Å²) < 4.78 is 0. The second kappa shape index (κ2) is 7.26. The molecule has 0 amide bonds. The lowest BCUT2D eigenvalue weighted by Crippen LogP contribution is -2.17. The van der Waals surface area contributed by atoms with Crippen molar-refractivity contribution in [3.63, 3.8) is 0 Å². The molecule has 0 spiro atoms. The predicted molar refractivity (Wildman–Crippen MR) is 56.7 cm³/mol. The summed E-state index contributed by atoms with van der Waals surface area (Å²) in [5, 5.41) is 17.6. The first kappa shape index (κ1) is 13.9. The molecule has 88 valence electrons. The van der Waals surface area contributed by atoms with Crippen LogP contribution < -0.4 is 0 Å². The van der Waals surface area contributed by atoms with E-state index >= 15 is 0 Å². The van der Waals surface area contributed by atoms with Gasteiger partial charge in [0.05, 0.1) is 11.8 Å². The van der Waals surface area contributed by atoms with Crippen LogP contribution in [0.1, 0.15) is 46.0 Å². The van der Waals surface area contributed by atoms with Gasteiger partial charge in [-0.3, -0.25) is 9.59 Å². The number of carboxylic acids is 2. The van der Waals surface area contributed by atoms with Crippen LogP contribution in [0.4, 0.5) is 0 Å². The lowest BCUT2D eigenvalue weighted by molar-refractivity contribution is -0.144. The van der Waals surface area contributed by atoms with Crippen LogP contribution in [0.15, 0.2) is 0 Å². The third kappa shape index (κ3) is 6.10. The Morgan fingerprint density at radius 1 is 1.07 bits per heavy atom. The molecule has 0 aromatic rings. The van der Waals surface area contributed by atoms with Crippen LogP contribution in [-0.2, 0) is 9.59 Å². The Hall–Kier alpha value is -1.06. The summed E-state index contributed by atoms with van der Waals surface area (Å²) in [7, 11) is 0. The molecule has 2 unspecified atom stereocenters. The van der Waals surface area contributed by atoms with Gasteiger partial charge in [0.15, 0.2) is 0 Å². The highest BCUT2D eigenvalue weighted by Crippen LogP contribution is 2.18. The van der Waals surface area contributed by atoms with E-state index in [2.05, 4.69) is 0 Å². The molecule has 0 saturated heterocycles. The maximum Gasteiger partial charge on any atom is 0.306 e. The van der Waals surface area contributed by atoms with E-state index < -0.39 is 17.9 Å². The van der Waals surface area contributed by atoms with Gasteiger partial charge in [0.2, 0.25) is 0 Å². The van der Waals surface area contributed by atoms with Crippen LogP contribution in [0, 0.1) is 11.8 Å². The maximum absolute atomic E-state index is 10.8. The van der Waals surface area contributed by atoms with Gasteiger partial charge >= 0.3 is 11.9 Å². The molecule has 4 heteroatoms. The predicted octanol–water partition coefficient (Wildman–Crippen LogP) is 2.38. The molecular formula is C11H20O4. The average Bonchev–Trinajstić information content (AvgIpc) is 2.16. The van der Waals surface area contributed by atoms with Crippen molar-refractivity contribution >= 4 is 11.9 Å². The first-order valence-corrected chi connectivity index (χ1v) is 5.44. The molecule has 0 radical (unpaired) electrons. The summed E-state index contributed by atoms with van der Waals surface area (Å²) in [6.07, 6.45) is 3.41. The van der Waals surface area contributed by atoms with Gasteiger partial charge in [0.25, 0.3) is 0 Å². The van der Waals surface area contributed by atoms with Gasteiger partial charge in [-0.05, 0) is 19.3 Å². The van der Waals surface area contributed by atoms with Gasteiger partial charge in [-0.1, -0.05) is 26.7 Å². The number of carbonyl (C=O) groups is 2. The van der Waals surface area contributed by atoms with Crippen molar-refractivity contribution in [2.45, 2.75) is 46.0 Å². The summed E-state index contributed by atoms with van der Waals surface area (Å²) in [4.78, 5) is 21.4. The van der Waals surface area contributed by atoms with Gasteiger partial charge < -0.3 is 10.2 Å². The zero-order valence-electron chi connectivity index (χ0n) is 9.40. The molecule has 0 aromatic heterocycles. The summed E-state index contributed by atoms with van der Waals surface area (Å²) in [6, 6.07) is 0. The van der Waals surface area contributed by atoms with Gasteiger partial charge in [0, 0.05) is 0 Å². The molecule has 2 atom stereocenters. The molecule has 0 aliphatic rings. The largest absolute Gasteiger partial charge is 0.481 e. The molecule has 0 heterocycles. The van der Waals surface area contributed by atoms with Crippen LogP contribution in [0.3, 0.4) is 0 Å². The van der Waals surface area contributed by atoms with E-state index in [1.807, 2.05) is 6.92 Å². The van der Waals surface area contributed by atoms with Crippen molar-refractivity contribution in [1.82, 2.24) is 0 Å². The van der Waals surface area contributed by atoms with Crippen molar-refractivity contribution < 1.29 is 19.8 Å². The van der Waals surface area contributed by atoms with E-state index in [1.165, 1.54) is 0 Å². The number of carboxylic acid groups (broad SMARTS) is 2. The van der Waals surface area contributed by atoms with E-state index in [1.54, 1.807) is 6.92 Å². The smallest absolute Gasteiger partial charge is 0.306 e. The molecule has 15 heavy (non-hydrogen) atoms. The first-order valence-electron chi connectivity index (χ1n) is 5.44. The highest BCUT2D eigenvalue weighted by Gasteiger charge is 2.19. The van der Waals surface area contributed by atoms with Crippen molar-refractivity contribution in [3.05, 3.63) is 0 Å². The Morgan fingerprint density at radius 2 is 1.67 bits per heavy atom. The van der Waals surface area contributed by atoms with Crippen molar-refractivity contribution in [2.75, 3.05) is 0 Å². The fraction of sp³-hybridized carbons (Fsp3) is 0.818. The van der Waals surface area contributed by atoms with Gasteiger partial charge in [-0.15, -0.1) is 0 Å². The lowest BCUT2D eigenvalue weighted by atomic mass is 9.93. The van der Waals surface area contributed by atoms with E-state index in [0.717, 1.165) is 12.8 Å². The third-order valence-corrected chi connectivity index (χ3v) is 2.63. The average molecular weight is 216 g/mol. The Morgan fingerprint density at radius 3 is 2.07 bits per heavy atom. The molecule has 4 nitrogen and oxygen atoms in total. The molecular weight excluding hydrogens is 196 g/mol. The fourth-order valence-electron chi connectivity index (χ4n) is 1.42. The SMILES string of the molecule is CCCCC(CCC(C)C(=O)O)C(=O)O. The maximum atomic E-state index is 10.8. The highest BCUT2D eigenvalue weighted by atomic mass is 16.4. The monoisotopic (exact) mass is 216 g/mol. The molecule has 0 saturated carbocycles. The third-order valence-electron chi connectivity index (χ3n) is 2.63. The molecule has 2 N–H and O–H groups in total. The standard InChI is InChI=1S/C11H20O4/c1-3-4-5-9(11(14)15)7-6-8(2)10(12)13/h8-9H,3-7H2,1-2H3,(H,12,13)(H,14,15). The molecule has 0 aromatic carbocycles. The summed E-state index contributed by atoms with van der Waals surface area (Å²) in [5.74, 6) is -2.49. The zero-order valence-corrected chi connectivity index (χ0v) is 9.40. The zero-order chi connectivity index (χ0) is 11.8. The van der Waals surface area contributed by atoms with Crippen LogP contribution in [-0.4, -0.2) is 22.2 Å². The highest BCUT2D eigenvalue weighted by molar-refractivity contribution is 5.71. The first-order chi connectivity index (χ1) is 6.99. The normalized spacial score (nSPS) is 14.5. The van der Waals surface area contributed by atoms with E-state index in [4.69, 9.17) is 10.2 Å². The topological polar surface area (TPSA) is 74.6 Å². The Labute approximate surface area is 90.3 Å². The Bertz CT molecular complexity index is 213. The van der Waals surface area contributed by atoms with Crippen molar-refractivity contribution in [1.29, 1.82) is 0 Å². The van der Waals surface area contributed by atoms with E-state index in [0.29, 0.717) is 19.3 Å². The van der Waals surface area contributed by atoms with Crippen LogP contribution >= 0.6 is 0 Å². The number of unbranched alkanes of at least 4 members (excludes halogenated alkanes) is 1. The minimum atomic E-state index is -0.852. The molecule has 0 aliphatic carbocycles. The van der Waals surface area contributed by atoms with E-state index in [-0.39, 0.29) is 5.92 Å². The number of hydrogen-bond acceptors (Lipinski definition) is 2. The van der Waals surface area contributed by atoms with Crippen LogP contribution in [0.5, 0.6) is 0 Å². The van der Waals surface area contributed by atoms with Gasteiger partial charge in [-0.25, -0.2) is 0 Å². The van der Waals surface area contributed by atoms with E-state index in [9.17, 15) is 9.59 Å². The summed E-state index contributed by atoms with van der Waals surface area (Å²) in [6.45, 7) is 3.62. The van der Waals surface area contributed by atoms with Crippen molar-refractivity contribution in [2.24, 2.45) is 11.8 Å². The van der Waals surface area contributed by atoms with Crippen molar-refractivity contribution in [3.8, 4) is 0 Å².